The van der Waals surface area contributed by atoms with Crippen molar-refractivity contribution in [2.75, 3.05) is 0 Å². The van der Waals surface area contributed by atoms with Gasteiger partial charge in [0.15, 0.2) is 5.78 Å². The molecule has 1 rings (SSSR count). The monoisotopic (exact) mass is 228 g/mol. The number of carbonyl (C=O) groups is 1. The van der Waals surface area contributed by atoms with E-state index in [-0.39, 0.29) is 11.6 Å². The van der Waals surface area contributed by atoms with Crippen molar-refractivity contribution in [1.29, 1.82) is 0 Å². The molecule has 0 N–H and O–H groups in total. The highest BCUT2D eigenvalue weighted by Crippen LogP contribution is 2.30. The molecule has 0 saturated heterocycles. The Bertz CT molecular complexity index is 351. The third kappa shape index (κ3) is 3.03. The number of Topliss-reactive ketones (excluding diaryl/α,β-unsaturated/α-hetero) is 1. The van der Waals surface area contributed by atoms with Crippen LogP contribution in [0.4, 0.5) is 4.39 Å². The summed E-state index contributed by atoms with van der Waals surface area (Å²) in [7, 11) is 0. The number of rotatable bonds is 2. The van der Waals surface area contributed by atoms with Crippen molar-refractivity contribution >= 4 is 17.4 Å². The lowest BCUT2D eigenvalue weighted by Gasteiger charge is -2.20. The summed E-state index contributed by atoms with van der Waals surface area (Å²) in [4.78, 5) is 11.8. The quantitative estimate of drug-likeness (QED) is 0.705. The topological polar surface area (TPSA) is 17.1 Å². The molecule has 0 heterocycles. The average Bonchev–Trinajstić information content (AvgIpc) is 2.15. The molecule has 82 valence electrons. The van der Waals surface area contributed by atoms with E-state index in [1.165, 1.54) is 24.3 Å². The Hall–Kier alpha value is -0.890. The van der Waals surface area contributed by atoms with Gasteiger partial charge in [0.25, 0.3) is 0 Å². The van der Waals surface area contributed by atoms with Gasteiger partial charge in [-0.2, -0.15) is 0 Å². The molecule has 1 aromatic rings. The summed E-state index contributed by atoms with van der Waals surface area (Å²) in [5.74, 6) is -0.387. The van der Waals surface area contributed by atoms with Gasteiger partial charge in [0.05, 0.1) is 0 Å². The maximum atomic E-state index is 12.7. The van der Waals surface area contributed by atoms with Crippen LogP contribution in [-0.2, 0) is 4.79 Å². The number of halogens is 2. The Morgan fingerprint density at radius 2 is 1.73 bits per heavy atom. The molecule has 1 nitrogen and oxygen atoms in total. The van der Waals surface area contributed by atoms with Gasteiger partial charge in [-0.1, -0.05) is 32.9 Å². The third-order valence-corrected chi connectivity index (χ3v) is 2.58. The van der Waals surface area contributed by atoms with E-state index in [1.807, 2.05) is 20.8 Å². The minimum Gasteiger partial charge on any atom is -0.297 e. The van der Waals surface area contributed by atoms with Crippen molar-refractivity contribution in [2.24, 2.45) is 5.41 Å². The molecule has 1 atom stereocenters. The van der Waals surface area contributed by atoms with E-state index < -0.39 is 10.8 Å². The molecule has 3 heteroatoms. The van der Waals surface area contributed by atoms with Crippen molar-refractivity contribution in [3.8, 4) is 0 Å². The molecule has 0 fully saturated rings. The van der Waals surface area contributed by atoms with Crippen molar-refractivity contribution < 1.29 is 9.18 Å². The van der Waals surface area contributed by atoms with Crippen molar-refractivity contribution in [1.82, 2.24) is 0 Å². The second-order valence-electron chi connectivity index (χ2n) is 4.53. The minimum absolute atomic E-state index is 0.0595. The van der Waals surface area contributed by atoms with Gasteiger partial charge in [0.2, 0.25) is 0 Å². The molecular formula is C12H14ClFO. The first kappa shape index (κ1) is 12.2. The number of benzene rings is 1. The summed E-state index contributed by atoms with van der Waals surface area (Å²) in [6.07, 6.45) is 0. The Morgan fingerprint density at radius 3 is 2.13 bits per heavy atom. The molecule has 0 aliphatic rings. The second kappa shape index (κ2) is 4.31. The zero-order chi connectivity index (χ0) is 11.6. The Balaban J connectivity index is 2.90. The molecule has 0 aromatic heterocycles. The predicted octanol–water partition coefficient (Wildman–Crippen LogP) is 3.72. The fourth-order valence-electron chi connectivity index (χ4n) is 1.16. The normalized spacial score (nSPS) is 13.7. The Morgan fingerprint density at radius 1 is 1.27 bits per heavy atom. The van der Waals surface area contributed by atoms with E-state index in [1.54, 1.807) is 0 Å². The average molecular weight is 229 g/mol. The second-order valence-corrected chi connectivity index (χ2v) is 4.96. The van der Waals surface area contributed by atoms with E-state index >= 15 is 0 Å². The largest absolute Gasteiger partial charge is 0.297 e. The van der Waals surface area contributed by atoms with Crippen LogP contribution in [0.25, 0.3) is 0 Å². The summed E-state index contributed by atoms with van der Waals surface area (Å²) >= 11 is 6.02. The predicted molar refractivity (Wildman–Crippen MR) is 59.5 cm³/mol. The highest BCUT2D eigenvalue weighted by atomic mass is 35.5. The molecule has 0 aliphatic heterocycles. The molecule has 0 radical (unpaired) electrons. The number of ketones is 1. The van der Waals surface area contributed by atoms with E-state index in [2.05, 4.69) is 0 Å². The van der Waals surface area contributed by atoms with Gasteiger partial charge in [-0.25, -0.2) is 4.39 Å². The summed E-state index contributed by atoms with van der Waals surface area (Å²) in [5, 5.41) is -0.703. The van der Waals surface area contributed by atoms with Gasteiger partial charge in [0, 0.05) is 5.41 Å². The summed E-state index contributed by atoms with van der Waals surface area (Å²) in [5.41, 5.74) is 0.152. The lowest BCUT2D eigenvalue weighted by molar-refractivity contribution is -0.126. The van der Waals surface area contributed by atoms with Crippen LogP contribution in [0.3, 0.4) is 0 Å². The molecule has 0 amide bonds. The van der Waals surface area contributed by atoms with Crippen molar-refractivity contribution in [3.63, 3.8) is 0 Å². The van der Waals surface area contributed by atoms with Gasteiger partial charge in [-0.3, -0.25) is 4.79 Å². The molecule has 1 unspecified atom stereocenters. The van der Waals surface area contributed by atoms with Crippen LogP contribution in [-0.4, -0.2) is 5.78 Å². The molecule has 1 aromatic carbocycles. The zero-order valence-electron chi connectivity index (χ0n) is 9.05. The molecule has 0 spiro atoms. The first-order chi connectivity index (χ1) is 6.82. The van der Waals surface area contributed by atoms with Crippen LogP contribution in [0, 0.1) is 11.2 Å². The fourth-order valence-corrected chi connectivity index (χ4v) is 1.64. The van der Waals surface area contributed by atoms with E-state index in [0.29, 0.717) is 5.56 Å². The summed E-state index contributed by atoms with van der Waals surface area (Å²) in [6, 6.07) is 5.69. The maximum Gasteiger partial charge on any atom is 0.160 e. The number of carbonyl (C=O) groups excluding carboxylic acids is 1. The smallest absolute Gasteiger partial charge is 0.160 e. The summed E-state index contributed by atoms with van der Waals surface area (Å²) in [6.45, 7) is 5.44. The van der Waals surface area contributed by atoms with Crippen LogP contribution in [0.15, 0.2) is 24.3 Å². The van der Waals surface area contributed by atoms with Gasteiger partial charge < -0.3 is 0 Å². The van der Waals surface area contributed by atoms with Crippen molar-refractivity contribution in [3.05, 3.63) is 35.6 Å². The van der Waals surface area contributed by atoms with Gasteiger partial charge in [-0.05, 0) is 17.7 Å². The fraction of sp³-hybridized carbons (Fsp3) is 0.417. The van der Waals surface area contributed by atoms with E-state index in [0.717, 1.165) is 0 Å². The standard InChI is InChI=1S/C12H14ClFO/c1-12(2,3)11(15)10(13)8-4-6-9(14)7-5-8/h4-7,10H,1-3H3. The van der Waals surface area contributed by atoms with Gasteiger partial charge >= 0.3 is 0 Å². The Labute approximate surface area is 94.3 Å². The lowest BCUT2D eigenvalue weighted by atomic mass is 9.87. The van der Waals surface area contributed by atoms with Crippen LogP contribution in [0.2, 0.25) is 0 Å². The summed E-state index contributed by atoms with van der Waals surface area (Å²) < 4.78 is 12.7. The SMILES string of the molecule is CC(C)(C)C(=O)C(Cl)c1ccc(F)cc1. The van der Waals surface area contributed by atoms with Gasteiger partial charge in [-0.15, -0.1) is 11.6 Å². The van der Waals surface area contributed by atoms with E-state index in [9.17, 15) is 9.18 Å². The van der Waals surface area contributed by atoms with Crippen LogP contribution < -0.4 is 0 Å². The van der Waals surface area contributed by atoms with Crippen LogP contribution in [0.1, 0.15) is 31.7 Å². The number of hydrogen-bond donors (Lipinski definition) is 0. The maximum absolute atomic E-state index is 12.7. The molecule has 0 aliphatic carbocycles. The van der Waals surface area contributed by atoms with Gasteiger partial charge in [0.1, 0.15) is 11.2 Å². The highest BCUT2D eigenvalue weighted by molar-refractivity contribution is 6.31. The lowest BCUT2D eigenvalue weighted by Crippen LogP contribution is -2.24. The van der Waals surface area contributed by atoms with Crippen molar-refractivity contribution in [2.45, 2.75) is 26.1 Å². The highest BCUT2D eigenvalue weighted by Gasteiger charge is 2.29. The molecule has 0 saturated carbocycles. The first-order valence-corrected chi connectivity index (χ1v) is 5.20. The van der Waals surface area contributed by atoms with Crippen LogP contribution >= 0.6 is 11.6 Å². The zero-order valence-corrected chi connectivity index (χ0v) is 9.81. The molecule has 15 heavy (non-hydrogen) atoms. The molecular weight excluding hydrogens is 215 g/mol. The van der Waals surface area contributed by atoms with Crippen LogP contribution in [0.5, 0.6) is 0 Å². The number of alkyl halides is 1. The Kier molecular flexibility index (Phi) is 3.50. The minimum atomic E-state index is -0.703. The number of hydrogen-bond acceptors (Lipinski definition) is 1. The third-order valence-electron chi connectivity index (χ3n) is 2.13. The molecule has 0 bridgehead atoms. The first-order valence-electron chi connectivity index (χ1n) is 4.76. The van der Waals surface area contributed by atoms with E-state index in [4.69, 9.17) is 11.6 Å².